The van der Waals surface area contributed by atoms with Crippen molar-refractivity contribution in [2.75, 3.05) is 0 Å². The SMILES string of the molecule is Oc1ccc(-c2cscn2)c(O)c1. The van der Waals surface area contributed by atoms with Gasteiger partial charge in [0.25, 0.3) is 0 Å². The van der Waals surface area contributed by atoms with Crippen LogP contribution in [-0.2, 0) is 0 Å². The summed E-state index contributed by atoms with van der Waals surface area (Å²) >= 11 is 1.46. The van der Waals surface area contributed by atoms with Crippen LogP contribution in [0.1, 0.15) is 0 Å². The first kappa shape index (κ1) is 8.07. The molecule has 0 aliphatic carbocycles. The van der Waals surface area contributed by atoms with E-state index < -0.39 is 0 Å². The molecule has 2 N–H and O–H groups in total. The molecule has 3 nitrogen and oxygen atoms in total. The molecule has 4 heteroatoms. The average molecular weight is 193 g/mol. The van der Waals surface area contributed by atoms with Crippen LogP contribution in [0.3, 0.4) is 0 Å². The van der Waals surface area contributed by atoms with E-state index in [1.165, 1.54) is 23.5 Å². The molecule has 1 aromatic carbocycles. The molecule has 0 bridgehead atoms. The molecule has 1 aromatic heterocycles. The molecule has 0 aliphatic rings. The van der Waals surface area contributed by atoms with Crippen molar-refractivity contribution in [2.45, 2.75) is 0 Å². The maximum atomic E-state index is 9.47. The zero-order chi connectivity index (χ0) is 9.26. The zero-order valence-corrected chi connectivity index (χ0v) is 7.45. The number of aromatic nitrogens is 1. The topological polar surface area (TPSA) is 53.4 Å². The highest BCUT2D eigenvalue weighted by molar-refractivity contribution is 7.07. The Hall–Kier alpha value is -1.55. The highest BCUT2D eigenvalue weighted by atomic mass is 32.1. The van der Waals surface area contributed by atoms with Gasteiger partial charge in [0.2, 0.25) is 0 Å². The van der Waals surface area contributed by atoms with Crippen LogP contribution < -0.4 is 0 Å². The van der Waals surface area contributed by atoms with E-state index >= 15 is 0 Å². The maximum absolute atomic E-state index is 9.47. The third-order valence-corrected chi connectivity index (χ3v) is 2.28. The summed E-state index contributed by atoms with van der Waals surface area (Å²) in [7, 11) is 0. The molecule has 0 atom stereocenters. The Kier molecular flexibility index (Phi) is 1.90. The molecule has 0 fully saturated rings. The normalized spacial score (nSPS) is 10.2. The molecule has 0 spiro atoms. The molecular weight excluding hydrogens is 186 g/mol. The first-order chi connectivity index (χ1) is 6.27. The van der Waals surface area contributed by atoms with Gasteiger partial charge in [0.05, 0.1) is 11.2 Å². The summed E-state index contributed by atoms with van der Waals surface area (Å²) in [6.45, 7) is 0. The minimum atomic E-state index is 0.0471. The second-order valence-corrected chi connectivity index (χ2v) is 3.29. The van der Waals surface area contributed by atoms with Gasteiger partial charge >= 0.3 is 0 Å². The van der Waals surface area contributed by atoms with E-state index in [0.29, 0.717) is 5.56 Å². The van der Waals surface area contributed by atoms with Crippen molar-refractivity contribution in [3.8, 4) is 22.8 Å². The van der Waals surface area contributed by atoms with E-state index in [1.807, 2.05) is 5.38 Å². The van der Waals surface area contributed by atoms with Crippen LogP contribution in [0.2, 0.25) is 0 Å². The minimum Gasteiger partial charge on any atom is -0.508 e. The summed E-state index contributed by atoms with van der Waals surface area (Å²) in [6, 6.07) is 4.46. The second kappa shape index (κ2) is 3.06. The van der Waals surface area contributed by atoms with Crippen LogP contribution in [0.15, 0.2) is 29.1 Å². The smallest absolute Gasteiger partial charge is 0.128 e. The van der Waals surface area contributed by atoms with Crippen LogP contribution in [0, 0.1) is 0 Å². The van der Waals surface area contributed by atoms with Crippen LogP contribution in [0.25, 0.3) is 11.3 Å². The Labute approximate surface area is 78.9 Å². The lowest BCUT2D eigenvalue weighted by Gasteiger charge is -2.00. The first-order valence-corrected chi connectivity index (χ1v) is 4.62. The molecule has 1 heterocycles. The van der Waals surface area contributed by atoms with Crippen molar-refractivity contribution in [3.05, 3.63) is 29.1 Å². The Morgan fingerprint density at radius 1 is 1.23 bits per heavy atom. The molecule has 0 radical (unpaired) electrons. The molecular formula is C9H7NO2S. The summed E-state index contributed by atoms with van der Waals surface area (Å²) in [5, 5.41) is 20.4. The molecule has 0 saturated heterocycles. The number of aromatic hydroxyl groups is 2. The third kappa shape index (κ3) is 1.48. The Morgan fingerprint density at radius 2 is 2.08 bits per heavy atom. The molecule has 0 saturated carbocycles. The standard InChI is InChI=1S/C9H7NO2S/c11-6-1-2-7(9(12)3-6)8-4-13-5-10-8/h1-5,11-12H. The molecule has 2 aromatic rings. The maximum Gasteiger partial charge on any atom is 0.128 e. The molecule has 2 rings (SSSR count). The largest absolute Gasteiger partial charge is 0.508 e. The number of rotatable bonds is 1. The third-order valence-electron chi connectivity index (χ3n) is 1.69. The second-order valence-electron chi connectivity index (χ2n) is 2.58. The van der Waals surface area contributed by atoms with Crippen molar-refractivity contribution in [2.24, 2.45) is 0 Å². The van der Waals surface area contributed by atoms with Crippen LogP contribution >= 0.6 is 11.3 Å². The number of nitrogens with zero attached hydrogens (tertiary/aromatic N) is 1. The minimum absolute atomic E-state index is 0.0471. The lowest BCUT2D eigenvalue weighted by molar-refractivity contribution is 0.452. The lowest BCUT2D eigenvalue weighted by atomic mass is 10.1. The fourth-order valence-electron chi connectivity index (χ4n) is 1.08. The monoisotopic (exact) mass is 193 g/mol. The fraction of sp³-hybridized carbons (Fsp3) is 0. The summed E-state index contributed by atoms with van der Waals surface area (Å²) < 4.78 is 0. The quantitative estimate of drug-likeness (QED) is 0.730. The first-order valence-electron chi connectivity index (χ1n) is 3.68. The van der Waals surface area contributed by atoms with Gasteiger partial charge in [0.15, 0.2) is 0 Å². The predicted octanol–water partition coefficient (Wildman–Crippen LogP) is 2.22. The van der Waals surface area contributed by atoms with E-state index in [1.54, 1.807) is 11.6 Å². The fourth-order valence-corrected chi connectivity index (χ4v) is 1.63. The summed E-state index contributed by atoms with van der Waals surface area (Å²) in [5.74, 6) is 0.0994. The number of thiazole rings is 1. The molecule has 13 heavy (non-hydrogen) atoms. The summed E-state index contributed by atoms with van der Waals surface area (Å²) in [5.41, 5.74) is 3.06. The summed E-state index contributed by atoms with van der Waals surface area (Å²) in [6.07, 6.45) is 0. The number of hydrogen-bond donors (Lipinski definition) is 2. The van der Waals surface area contributed by atoms with Crippen LogP contribution in [0.5, 0.6) is 11.5 Å². The van der Waals surface area contributed by atoms with Crippen molar-refractivity contribution in [1.29, 1.82) is 0 Å². The molecule has 0 aliphatic heterocycles. The van der Waals surface area contributed by atoms with Crippen LogP contribution in [-0.4, -0.2) is 15.2 Å². The lowest BCUT2D eigenvalue weighted by Crippen LogP contribution is -1.77. The van der Waals surface area contributed by atoms with E-state index in [-0.39, 0.29) is 11.5 Å². The number of hydrogen-bond acceptors (Lipinski definition) is 4. The van der Waals surface area contributed by atoms with Gasteiger partial charge in [-0.2, -0.15) is 0 Å². The Morgan fingerprint density at radius 3 is 2.69 bits per heavy atom. The van der Waals surface area contributed by atoms with E-state index in [9.17, 15) is 5.11 Å². The predicted molar refractivity (Wildman–Crippen MR) is 50.9 cm³/mol. The van der Waals surface area contributed by atoms with Crippen LogP contribution in [0.4, 0.5) is 0 Å². The van der Waals surface area contributed by atoms with Crippen molar-refractivity contribution < 1.29 is 10.2 Å². The highest BCUT2D eigenvalue weighted by Gasteiger charge is 2.05. The van der Waals surface area contributed by atoms with Gasteiger partial charge < -0.3 is 10.2 Å². The van der Waals surface area contributed by atoms with E-state index in [2.05, 4.69) is 4.98 Å². The average Bonchev–Trinajstić information content (AvgIpc) is 2.56. The molecule has 0 unspecified atom stereocenters. The van der Waals surface area contributed by atoms with Gasteiger partial charge in [0, 0.05) is 17.0 Å². The molecule has 66 valence electrons. The van der Waals surface area contributed by atoms with Crippen molar-refractivity contribution in [3.63, 3.8) is 0 Å². The van der Waals surface area contributed by atoms with Gasteiger partial charge in [0.1, 0.15) is 11.5 Å². The van der Waals surface area contributed by atoms with Gasteiger partial charge in [-0.3, -0.25) is 0 Å². The number of benzene rings is 1. The van der Waals surface area contributed by atoms with Gasteiger partial charge in [-0.25, -0.2) is 4.98 Å². The number of phenols is 2. The van der Waals surface area contributed by atoms with E-state index in [4.69, 9.17) is 5.11 Å². The highest BCUT2D eigenvalue weighted by Crippen LogP contribution is 2.31. The van der Waals surface area contributed by atoms with Gasteiger partial charge in [-0.1, -0.05) is 0 Å². The Bertz CT molecular complexity index is 412. The van der Waals surface area contributed by atoms with Crippen molar-refractivity contribution in [1.82, 2.24) is 4.98 Å². The van der Waals surface area contributed by atoms with Gasteiger partial charge in [-0.15, -0.1) is 11.3 Å². The van der Waals surface area contributed by atoms with Gasteiger partial charge in [-0.05, 0) is 12.1 Å². The summed E-state index contributed by atoms with van der Waals surface area (Å²) in [4.78, 5) is 4.05. The van der Waals surface area contributed by atoms with Crippen molar-refractivity contribution >= 4 is 11.3 Å². The Balaban J connectivity index is 2.53. The zero-order valence-electron chi connectivity index (χ0n) is 6.64. The number of phenolic OH excluding ortho intramolecular Hbond substituents is 2. The molecule has 0 amide bonds. The van der Waals surface area contributed by atoms with E-state index in [0.717, 1.165) is 5.69 Å².